The highest BCUT2D eigenvalue weighted by molar-refractivity contribution is 7.99. The third kappa shape index (κ3) is 5.37. The molecule has 0 spiro atoms. The molecule has 2 aromatic heterocycles. The number of amides is 2. The fourth-order valence-corrected chi connectivity index (χ4v) is 4.23. The molecule has 0 bridgehead atoms. The molecule has 2 aromatic carbocycles. The molecule has 0 aliphatic carbocycles. The van der Waals surface area contributed by atoms with Crippen LogP contribution in [0.1, 0.15) is 11.3 Å². The maximum Gasteiger partial charge on any atom is 0.243 e. The van der Waals surface area contributed by atoms with Gasteiger partial charge in [0.05, 0.1) is 24.1 Å². The molecule has 0 fully saturated rings. The smallest absolute Gasteiger partial charge is 0.243 e. The molecule has 9 heteroatoms. The van der Waals surface area contributed by atoms with Gasteiger partial charge in [0.25, 0.3) is 0 Å². The van der Waals surface area contributed by atoms with E-state index in [1.165, 1.54) is 16.7 Å². The van der Waals surface area contributed by atoms with E-state index in [9.17, 15) is 9.59 Å². The van der Waals surface area contributed by atoms with Crippen molar-refractivity contribution < 1.29 is 14.0 Å². The zero-order valence-corrected chi connectivity index (χ0v) is 20.0. The third-order valence-corrected chi connectivity index (χ3v) is 6.13. The minimum Gasteiger partial charge on any atom is -0.469 e. The van der Waals surface area contributed by atoms with Crippen molar-refractivity contribution in [1.82, 2.24) is 19.7 Å². The Morgan fingerprint density at radius 3 is 2.44 bits per heavy atom. The molecule has 0 radical (unpaired) electrons. The highest BCUT2D eigenvalue weighted by Gasteiger charge is 2.21. The van der Waals surface area contributed by atoms with Gasteiger partial charge in [-0.05, 0) is 44.2 Å². The molecule has 8 nitrogen and oxygen atoms in total. The molecule has 2 heterocycles. The Labute approximate surface area is 202 Å². The van der Waals surface area contributed by atoms with Gasteiger partial charge in [0, 0.05) is 18.4 Å². The van der Waals surface area contributed by atoms with Crippen molar-refractivity contribution in [2.24, 2.45) is 0 Å². The molecule has 174 valence electrons. The number of carbonyl (C=O) groups is 2. The Hall–Kier alpha value is -3.85. The predicted octanol–water partition coefficient (Wildman–Crippen LogP) is 4.33. The summed E-state index contributed by atoms with van der Waals surface area (Å²) >= 11 is 1.27. The second-order valence-corrected chi connectivity index (χ2v) is 8.76. The van der Waals surface area contributed by atoms with Crippen molar-refractivity contribution in [3.63, 3.8) is 0 Å². The maximum absolute atomic E-state index is 12.7. The van der Waals surface area contributed by atoms with Gasteiger partial charge in [0.2, 0.25) is 11.8 Å². The summed E-state index contributed by atoms with van der Waals surface area (Å²) in [7, 11) is 1.61. The number of nitrogens with one attached hydrogen (secondary N) is 1. The first-order chi connectivity index (χ1) is 16.4. The summed E-state index contributed by atoms with van der Waals surface area (Å²) in [6.45, 7) is 3.80. The van der Waals surface area contributed by atoms with Gasteiger partial charge in [-0.2, -0.15) is 0 Å². The molecule has 4 aromatic rings. The number of likely N-dealkylation sites (N-methyl/N-ethyl adjacent to an activating group) is 1. The van der Waals surface area contributed by atoms with Crippen LogP contribution >= 0.6 is 11.8 Å². The van der Waals surface area contributed by atoms with Gasteiger partial charge in [-0.25, -0.2) is 0 Å². The van der Waals surface area contributed by atoms with Gasteiger partial charge in [-0.1, -0.05) is 47.7 Å². The molecule has 1 N–H and O–H groups in total. The van der Waals surface area contributed by atoms with Crippen LogP contribution in [0.15, 0.2) is 76.5 Å². The summed E-state index contributed by atoms with van der Waals surface area (Å²) in [6, 6.07) is 19.1. The first-order valence-electron chi connectivity index (χ1n) is 10.7. The normalized spacial score (nSPS) is 10.8. The van der Waals surface area contributed by atoms with Gasteiger partial charge in [-0.3, -0.25) is 14.2 Å². The summed E-state index contributed by atoms with van der Waals surface area (Å²) in [5, 5.41) is 12.1. The van der Waals surface area contributed by atoms with Crippen LogP contribution in [0.25, 0.3) is 17.1 Å². The molecule has 0 aliphatic heterocycles. The standard InChI is InChI=1S/C25H25N5O3S/c1-17-9-11-19(12-10-17)26-22(31)15-29(3)23(32)16-34-25-28-27-24(21-13-14-33-18(21)2)30(25)20-7-5-4-6-8-20/h4-14H,15-16H2,1-3H3,(H,26,31). The molecule has 4 rings (SSSR count). The number of benzene rings is 2. The number of thioether (sulfide) groups is 1. The van der Waals surface area contributed by atoms with E-state index >= 15 is 0 Å². The van der Waals surface area contributed by atoms with Crippen LogP contribution in [0.3, 0.4) is 0 Å². The molecular formula is C25H25N5O3S. The molecule has 2 amide bonds. The van der Waals surface area contributed by atoms with Crippen molar-refractivity contribution in [3.05, 3.63) is 78.3 Å². The second kappa shape index (κ2) is 10.4. The predicted molar refractivity (Wildman–Crippen MR) is 132 cm³/mol. The van der Waals surface area contributed by atoms with E-state index < -0.39 is 0 Å². The largest absolute Gasteiger partial charge is 0.469 e. The lowest BCUT2D eigenvalue weighted by Gasteiger charge is -2.17. The van der Waals surface area contributed by atoms with E-state index in [-0.39, 0.29) is 24.1 Å². The van der Waals surface area contributed by atoms with Crippen molar-refractivity contribution in [1.29, 1.82) is 0 Å². The Morgan fingerprint density at radius 2 is 1.76 bits per heavy atom. The molecule has 34 heavy (non-hydrogen) atoms. The van der Waals surface area contributed by atoms with E-state index in [2.05, 4.69) is 15.5 Å². The van der Waals surface area contributed by atoms with E-state index in [0.717, 1.165) is 22.6 Å². The fourth-order valence-electron chi connectivity index (χ4n) is 3.34. The fraction of sp³-hybridized carbons (Fsp3) is 0.200. The van der Waals surface area contributed by atoms with E-state index in [0.29, 0.717) is 16.7 Å². The van der Waals surface area contributed by atoms with Crippen LogP contribution in [0.5, 0.6) is 0 Å². The maximum atomic E-state index is 12.7. The van der Waals surface area contributed by atoms with Crippen LogP contribution in [0.2, 0.25) is 0 Å². The molecular weight excluding hydrogens is 450 g/mol. The topological polar surface area (TPSA) is 93.3 Å². The summed E-state index contributed by atoms with van der Waals surface area (Å²) in [4.78, 5) is 26.5. The van der Waals surface area contributed by atoms with Gasteiger partial charge >= 0.3 is 0 Å². The van der Waals surface area contributed by atoms with Gasteiger partial charge in [0.15, 0.2) is 11.0 Å². The number of nitrogens with zero attached hydrogens (tertiary/aromatic N) is 4. The van der Waals surface area contributed by atoms with Crippen molar-refractivity contribution in [3.8, 4) is 17.1 Å². The molecule has 0 atom stereocenters. The summed E-state index contributed by atoms with van der Waals surface area (Å²) in [6.07, 6.45) is 1.61. The lowest BCUT2D eigenvalue weighted by atomic mass is 10.2. The van der Waals surface area contributed by atoms with Crippen LogP contribution in [0.4, 0.5) is 5.69 Å². The van der Waals surface area contributed by atoms with E-state index in [1.807, 2.05) is 79.1 Å². The molecule has 0 saturated heterocycles. The second-order valence-electron chi connectivity index (χ2n) is 7.82. The highest BCUT2D eigenvalue weighted by Crippen LogP contribution is 2.30. The van der Waals surface area contributed by atoms with Crippen LogP contribution in [-0.4, -0.2) is 50.8 Å². The summed E-state index contributed by atoms with van der Waals surface area (Å²) < 4.78 is 7.35. The minimum atomic E-state index is -0.255. The minimum absolute atomic E-state index is 0.0435. The Morgan fingerprint density at radius 1 is 1.03 bits per heavy atom. The zero-order valence-electron chi connectivity index (χ0n) is 19.2. The number of aryl methyl sites for hydroxylation is 2. The van der Waals surface area contributed by atoms with Gasteiger partial charge < -0.3 is 14.6 Å². The SMILES string of the molecule is Cc1ccc(NC(=O)CN(C)C(=O)CSc2nnc(-c3ccoc3C)n2-c2ccccc2)cc1. The Bertz CT molecular complexity index is 1280. The molecule has 0 saturated carbocycles. The Kier molecular flexibility index (Phi) is 7.12. The monoisotopic (exact) mass is 475 g/mol. The van der Waals surface area contributed by atoms with Gasteiger partial charge in [-0.15, -0.1) is 10.2 Å². The number of carbonyl (C=O) groups excluding carboxylic acids is 2. The number of hydrogen-bond donors (Lipinski definition) is 1. The molecule has 0 unspecified atom stereocenters. The van der Waals surface area contributed by atoms with Crippen molar-refractivity contribution in [2.45, 2.75) is 19.0 Å². The molecule has 0 aliphatic rings. The summed E-state index contributed by atoms with van der Waals surface area (Å²) in [5.74, 6) is 1.04. The Balaban J connectivity index is 1.44. The lowest BCUT2D eigenvalue weighted by Crippen LogP contribution is -2.36. The number of anilines is 1. The van der Waals surface area contributed by atoms with Crippen LogP contribution in [-0.2, 0) is 9.59 Å². The highest BCUT2D eigenvalue weighted by atomic mass is 32.2. The number of rotatable bonds is 8. The van der Waals surface area contributed by atoms with Crippen LogP contribution in [0, 0.1) is 13.8 Å². The van der Waals surface area contributed by atoms with Crippen molar-refractivity contribution in [2.75, 3.05) is 24.7 Å². The third-order valence-electron chi connectivity index (χ3n) is 5.21. The number of para-hydroxylation sites is 1. The zero-order chi connectivity index (χ0) is 24.1. The van der Waals surface area contributed by atoms with Crippen LogP contribution < -0.4 is 5.32 Å². The lowest BCUT2D eigenvalue weighted by molar-refractivity contribution is -0.131. The summed E-state index contributed by atoms with van der Waals surface area (Å²) in [5.41, 5.74) is 3.52. The average Bonchev–Trinajstić information content (AvgIpc) is 3.45. The first-order valence-corrected chi connectivity index (χ1v) is 11.7. The number of aromatic nitrogens is 3. The van der Waals surface area contributed by atoms with Gasteiger partial charge in [0.1, 0.15) is 5.76 Å². The van der Waals surface area contributed by atoms with E-state index in [4.69, 9.17) is 4.42 Å². The average molecular weight is 476 g/mol. The first kappa shape index (κ1) is 23.3. The quantitative estimate of drug-likeness (QED) is 0.381. The number of hydrogen-bond acceptors (Lipinski definition) is 6. The van der Waals surface area contributed by atoms with Crippen molar-refractivity contribution >= 4 is 29.3 Å². The number of furan rings is 1. The van der Waals surface area contributed by atoms with E-state index in [1.54, 1.807) is 13.3 Å².